The predicted octanol–water partition coefficient (Wildman–Crippen LogP) is 3.71. The normalized spacial score (nSPS) is 53.1. The van der Waals surface area contributed by atoms with Crippen molar-refractivity contribution in [3.8, 4) is 0 Å². The van der Waals surface area contributed by atoms with Crippen molar-refractivity contribution in [2.45, 2.75) is 64.9 Å². The maximum atomic E-state index is 13.4. The molecule has 3 saturated carbocycles. The van der Waals surface area contributed by atoms with E-state index in [-0.39, 0.29) is 40.6 Å². The highest BCUT2D eigenvalue weighted by molar-refractivity contribution is 5.92. The Morgan fingerprint density at radius 1 is 1.12 bits per heavy atom. The third-order valence-corrected chi connectivity index (χ3v) is 8.34. The molecule has 0 bridgehead atoms. The topological polar surface area (TPSA) is 46.7 Å². The van der Waals surface area contributed by atoms with Crippen LogP contribution in [0.5, 0.6) is 0 Å². The van der Waals surface area contributed by atoms with Crippen LogP contribution in [0.4, 0.5) is 0 Å². The molecule has 3 nitrogen and oxygen atoms in total. The number of carbonyl (C=O) groups is 2. The lowest BCUT2D eigenvalue weighted by Gasteiger charge is -2.55. The van der Waals surface area contributed by atoms with Crippen LogP contribution in [0.25, 0.3) is 0 Å². The van der Waals surface area contributed by atoms with E-state index in [9.17, 15) is 9.59 Å². The molecule has 130 valence electrons. The number of ketones is 2. The third kappa shape index (κ3) is 1.83. The first kappa shape index (κ1) is 15.3. The van der Waals surface area contributed by atoms with Crippen molar-refractivity contribution >= 4 is 11.6 Å². The number of carbonyl (C=O) groups excluding carboxylic acids is 2. The molecule has 0 spiro atoms. The van der Waals surface area contributed by atoms with Crippen molar-refractivity contribution < 1.29 is 14.3 Å². The average molecular weight is 328 g/mol. The minimum atomic E-state index is -0.160. The van der Waals surface area contributed by atoms with Crippen LogP contribution >= 0.6 is 0 Å². The molecule has 1 heterocycles. The number of rotatable bonds is 1. The highest BCUT2D eigenvalue weighted by Crippen LogP contribution is 2.65. The number of fused-ring (bicyclic) bond motifs is 5. The van der Waals surface area contributed by atoms with Gasteiger partial charge in [-0.25, -0.2) is 0 Å². The minimum absolute atomic E-state index is 0.0219. The first-order chi connectivity index (χ1) is 11.4. The van der Waals surface area contributed by atoms with Crippen molar-refractivity contribution in [3.05, 3.63) is 11.6 Å². The lowest BCUT2D eigenvalue weighted by molar-refractivity contribution is -0.147. The molecule has 0 N–H and O–H groups in total. The number of hydrogen-bond acceptors (Lipinski definition) is 3. The van der Waals surface area contributed by atoms with Gasteiger partial charge in [0, 0.05) is 30.6 Å². The highest BCUT2D eigenvalue weighted by Gasteiger charge is 2.66. The van der Waals surface area contributed by atoms with Crippen molar-refractivity contribution in [1.82, 2.24) is 0 Å². The molecule has 24 heavy (non-hydrogen) atoms. The molecule has 0 aromatic carbocycles. The number of Topliss-reactive ketones (excluding diaryl/α,β-unsaturated/α-hetero) is 2. The molecule has 0 amide bonds. The third-order valence-electron chi connectivity index (χ3n) is 8.34. The Morgan fingerprint density at radius 3 is 2.67 bits per heavy atom. The van der Waals surface area contributed by atoms with E-state index in [1.807, 2.05) is 0 Å². The fraction of sp³-hybridized carbons (Fsp3) is 0.810. The summed E-state index contributed by atoms with van der Waals surface area (Å²) in [5.74, 6) is 1.51. The summed E-state index contributed by atoms with van der Waals surface area (Å²) in [5, 5.41) is 0. The summed E-state index contributed by atoms with van der Waals surface area (Å²) in [4.78, 5) is 26.3. The van der Waals surface area contributed by atoms with Crippen molar-refractivity contribution in [1.29, 1.82) is 0 Å². The zero-order valence-corrected chi connectivity index (χ0v) is 14.8. The monoisotopic (exact) mass is 328 g/mol. The first-order valence-electron chi connectivity index (χ1n) is 9.82. The summed E-state index contributed by atoms with van der Waals surface area (Å²) < 4.78 is 5.56. The van der Waals surface area contributed by atoms with Crippen LogP contribution in [-0.4, -0.2) is 24.3 Å². The Hall–Kier alpha value is -0.960. The van der Waals surface area contributed by atoms with Crippen molar-refractivity contribution in [2.24, 2.45) is 34.5 Å². The van der Waals surface area contributed by atoms with Gasteiger partial charge in [0.2, 0.25) is 0 Å². The molecule has 3 heteroatoms. The Kier molecular flexibility index (Phi) is 3.07. The summed E-state index contributed by atoms with van der Waals surface area (Å²) in [5.41, 5.74) is 1.38. The van der Waals surface area contributed by atoms with Gasteiger partial charge < -0.3 is 4.74 Å². The largest absolute Gasteiger partial charge is 0.373 e. The summed E-state index contributed by atoms with van der Waals surface area (Å²) >= 11 is 0. The molecule has 5 rings (SSSR count). The number of epoxide rings is 1. The number of ether oxygens (including phenoxy) is 1. The van der Waals surface area contributed by atoms with Crippen LogP contribution in [0.1, 0.15) is 58.8 Å². The molecule has 4 aliphatic carbocycles. The Morgan fingerprint density at radius 2 is 1.92 bits per heavy atom. The van der Waals surface area contributed by atoms with Crippen LogP contribution in [0, 0.1) is 34.5 Å². The number of allylic oxidation sites excluding steroid dienone is 2. The van der Waals surface area contributed by atoms with Gasteiger partial charge in [0.15, 0.2) is 0 Å². The van der Waals surface area contributed by atoms with Gasteiger partial charge in [-0.3, -0.25) is 9.59 Å². The van der Waals surface area contributed by atoms with E-state index >= 15 is 0 Å². The van der Waals surface area contributed by atoms with E-state index < -0.39 is 0 Å². The van der Waals surface area contributed by atoms with Gasteiger partial charge in [0.05, 0.1) is 12.7 Å². The molecule has 0 radical (unpaired) electrons. The van der Waals surface area contributed by atoms with Crippen LogP contribution in [0.15, 0.2) is 11.6 Å². The van der Waals surface area contributed by atoms with E-state index in [0.717, 1.165) is 25.9 Å². The molecular weight excluding hydrogens is 300 g/mol. The molecular formula is C21H28O3. The fourth-order valence-corrected chi connectivity index (χ4v) is 7.23. The molecule has 1 saturated heterocycles. The molecule has 0 aromatic rings. The standard InChI is InChI=1S/C21H28O3/c1-20-8-4-3-5-12(20)6-7-13-18-15(22)9-14(17-11-24-17)21(18,2)10-16(23)19(13)20/h6,13-14,17-19H,3-5,7-11H2,1-2H3/t13-,14-,17?,18-,19+,20-,21+/m0/s1. The lowest BCUT2D eigenvalue weighted by atomic mass is 9.47. The van der Waals surface area contributed by atoms with Crippen molar-refractivity contribution in [2.75, 3.05) is 6.61 Å². The van der Waals surface area contributed by atoms with Gasteiger partial charge in [0.1, 0.15) is 11.6 Å². The fourth-order valence-electron chi connectivity index (χ4n) is 7.23. The average Bonchev–Trinajstić information content (AvgIpc) is 3.32. The second kappa shape index (κ2) is 4.81. The molecule has 5 aliphatic rings. The molecule has 1 unspecified atom stereocenters. The van der Waals surface area contributed by atoms with Gasteiger partial charge in [0.25, 0.3) is 0 Å². The van der Waals surface area contributed by atoms with E-state index in [0.29, 0.717) is 24.4 Å². The van der Waals surface area contributed by atoms with E-state index in [1.165, 1.54) is 18.4 Å². The SMILES string of the molecule is C[C@]12CC(=O)[C@H]3[C@@H](CC=C4CCCC[C@@]43C)[C@H]1C(=O)C[C@H]2C1CO1. The summed E-state index contributed by atoms with van der Waals surface area (Å²) in [6, 6.07) is 0. The van der Waals surface area contributed by atoms with Gasteiger partial charge in [-0.05, 0) is 42.4 Å². The zero-order valence-electron chi connectivity index (χ0n) is 14.8. The van der Waals surface area contributed by atoms with Crippen LogP contribution < -0.4 is 0 Å². The zero-order chi connectivity index (χ0) is 16.7. The summed E-state index contributed by atoms with van der Waals surface area (Å²) in [6.07, 6.45) is 9.56. The van der Waals surface area contributed by atoms with Gasteiger partial charge >= 0.3 is 0 Å². The quantitative estimate of drug-likeness (QED) is 0.544. The van der Waals surface area contributed by atoms with Gasteiger partial charge in [-0.15, -0.1) is 0 Å². The van der Waals surface area contributed by atoms with Crippen LogP contribution in [0.2, 0.25) is 0 Å². The Labute approximate surface area is 144 Å². The second-order valence-electron chi connectivity index (χ2n) is 9.51. The maximum absolute atomic E-state index is 13.4. The second-order valence-corrected chi connectivity index (χ2v) is 9.51. The summed E-state index contributed by atoms with van der Waals surface area (Å²) in [6.45, 7) is 5.31. The van der Waals surface area contributed by atoms with E-state index in [1.54, 1.807) is 0 Å². The Balaban J connectivity index is 1.58. The molecule has 7 atom stereocenters. The van der Waals surface area contributed by atoms with Crippen LogP contribution in [0.3, 0.4) is 0 Å². The van der Waals surface area contributed by atoms with Gasteiger partial charge in [-0.1, -0.05) is 31.9 Å². The highest BCUT2D eigenvalue weighted by atomic mass is 16.6. The summed E-state index contributed by atoms with van der Waals surface area (Å²) in [7, 11) is 0. The lowest BCUT2D eigenvalue weighted by Crippen LogP contribution is -2.55. The predicted molar refractivity (Wildman–Crippen MR) is 90.3 cm³/mol. The minimum Gasteiger partial charge on any atom is -0.373 e. The van der Waals surface area contributed by atoms with Crippen LogP contribution in [-0.2, 0) is 14.3 Å². The number of hydrogen-bond donors (Lipinski definition) is 0. The molecule has 4 fully saturated rings. The van der Waals surface area contributed by atoms with E-state index in [4.69, 9.17) is 4.74 Å². The smallest absolute Gasteiger partial charge is 0.137 e. The Bertz CT molecular complexity index is 645. The van der Waals surface area contributed by atoms with E-state index in [2.05, 4.69) is 19.9 Å². The van der Waals surface area contributed by atoms with Crippen molar-refractivity contribution in [3.63, 3.8) is 0 Å². The maximum Gasteiger partial charge on any atom is 0.137 e. The first-order valence-corrected chi connectivity index (χ1v) is 9.82. The van der Waals surface area contributed by atoms with Gasteiger partial charge in [-0.2, -0.15) is 0 Å². The molecule has 1 aliphatic heterocycles. The molecule has 0 aromatic heterocycles.